The molecule has 1 unspecified atom stereocenters. The third-order valence-corrected chi connectivity index (χ3v) is 2.01. The molecule has 74 valence electrons. The van der Waals surface area contributed by atoms with Gasteiger partial charge in [-0.15, -0.1) is 6.42 Å². The summed E-state index contributed by atoms with van der Waals surface area (Å²) in [6.45, 7) is 4.38. The minimum atomic E-state index is -0.475. The van der Waals surface area contributed by atoms with Crippen LogP contribution in [0.15, 0.2) is 0 Å². The molecule has 3 heteroatoms. The maximum atomic E-state index is 5.59. The van der Waals surface area contributed by atoms with Gasteiger partial charge in [0.2, 0.25) is 0 Å². The van der Waals surface area contributed by atoms with Gasteiger partial charge in [0.05, 0.1) is 12.7 Å². The molecule has 0 saturated carbocycles. The standard InChI is InChI=1S/C10H16O3/c1-5-8(11-4)6-9-7-12-10(2,3)13-9/h1,8-9H,6-7H2,2-4H3/t8?,9-/m0/s1. The molecule has 3 nitrogen and oxygen atoms in total. The van der Waals surface area contributed by atoms with Crippen molar-refractivity contribution in [2.24, 2.45) is 0 Å². The third kappa shape index (κ3) is 3.00. The van der Waals surface area contributed by atoms with Gasteiger partial charge >= 0.3 is 0 Å². The number of hydrogen-bond donors (Lipinski definition) is 0. The number of rotatable bonds is 3. The highest BCUT2D eigenvalue weighted by molar-refractivity contribution is 4.96. The van der Waals surface area contributed by atoms with Gasteiger partial charge in [0, 0.05) is 13.5 Å². The van der Waals surface area contributed by atoms with Crippen molar-refractivity contribution in [3.8, 4) is 12.3 Å². The van der Waals surface area contributed by atoms with Crippen LogP contribution in [0.25, 0.3) is 0 Å². The fourth-order valence-corrected chi connectivity index (χ4v) is 1.35. The highest BCUT2D eigenvalue weighted by Crippen LogP contribution is 2.25. The van der Waals surface area contributed by atoms with Gasteiger partial charge in [0.1, 0.15) is 6.10 Å². The summed E-state index contributed by atoms with van der Waals surface area (Å²) in [5, 5.41) is 0. The van der Waals surface area contributed by atoms with Crippen molar-refractivity contribution >= 4 is 0 Å². The van der Waals surface area contributed by atoms with Gasteiger partial charge in [0.15, 0.2) is 5.79 Å². The Hall–Kier alpha value is -0.560. The average molecular weight is 184 g/mol. The van der Waals surface area contributed by atoms with Crippen molar-refractivity contribution in [1.29, 1.82) is 0 Å². The van der Waals surface area contributed by atoms with Crippen LogP contribution in [0.1, 0.15) is 20.3 Å². The molecule has 2 atom stereocenters. The fourth-order valence-electron chi connectivity index (χ4n) is 1.35. The van der Waals surface area contributed by atoms with Crippen molar-refractivity contribution in [2.45, 2.75) is 38.3 Å². The normalized spacial score (nSPS) is 28.3. The molecular formula is C10H16O3. The molecule has 1 aliphatic heterocycles. The number of hydrogen-bond acceptors (Lipinski definition) is 3. The molecule has 1 fully saturated rings. The van der Waals surface area contributed by atoms with E-state index >= 15 is 0 Å². The molecule has 0 radical (unpaired) electrons. The van der Waals surface area contributed by atoms with E-state index in [1.807, 2.05) is 13.8 Å². The first-order valence-electron chi connectivity index (χ1n) is 4.38. The maximum Gasteiger partial charge on any atom is 0.163 e. The van der Waals surface area contributed by atoms with E-state index in [0.29, 0.717) is 13.0 Å². The number of ether oxygens (including phenoxy) is 3. The van der Waals surface area contributed by atoms with E-state index < -0.39 is 5.79 Å². The van der Waals surface area contributed by atoms with Gasteiger partial charge in [-0.05, 0) is 13.8 Å². The Morgan fingerprint density at radius 3 is 2.77 bits per heavy atom. The minimum absolute atomic E-state index is 0.0519. The van der Waals surface area contributed by atoms with E-state index in [0.717, 1.165) is 0 Å². The van der Waals surface area contributed by atoms with Crippen LogP contribution in [-0.4, -0.2) is 31.7 Å². The van der Waals surface area contributed by atoms with Crippen LogP contribution in [0.3, 0.4) is 0 Å². The van der Waals surface area contributed by atoms with Crippen LogP contribution >= 0.6 is 0 Å². The van der Waals surface area contributed by atoms with Gasteiger partial charge in [-0.1, -0.05) is 5.92 Å². The highest BCUT2D eigenvalue weighted by atomic mass is 16.7. The topological polar surface area (TPSA) is 27.7 Å². The molecule has 0 aromatic carbocycles. The summed E-state index contributed by atoms with van der Waals surface area (Å²) in [5.41, 5.74) is 0. The lowest BCUT2D eigenvalue weighted by molar-refractivity contribution is -0.141. The van der Waals surface area contributed by atoms with Crippen molar-refractivity contribution < 1.29 is 14.2 Å². The average Bonchev–Trinajstić information content (AvgIpc) is 2.41. The van der Waals surface area contributed by atoms with Gasteiger partial charge in [-0.25, -0.2) is 0 Å². The van der Waals surface area contributed by atoms with Crippen molar-refractivity contribution in [1.82, 2.24) is 0 Å². The molecule has 0 aliphatic carbocycles. The highest BCUT2D eigenvalue weighted by Gasteiger charge is 2.33. The van der Waals surface area contributed by atoms with Crippen molar-refractivity contribution in [2.75, 3.05) is 13.7 Å². The molecule has 0 spiro atoms. The molecule has 1 saturated heterocycles. The lowest BCUT2D eigenvalue weighted by atomic mass is 10.2. The number of methoxy groups -OCH3 is 1. The smallest absolute Gasteiger partial charge is 0.163 e. The molecule has 0 N–H and O–H groups in total. The third-order valence-electron chi connectivity index (χ3n) is 2.01. The summed E-state index contributed by atoms with van der Waals surface area (Å²) >= 11 is 0. The van der Waals surface area contributed by atoms with Crippen LogP contribution in [0, 0.1) is 12.3 Å². The monoisotopic (exact) mass is 184 g/mol. The van der Waals surface area contributed by atoms with Crippen molar-refractivity contribution in [3.05, 3.63) is 0 Å². The van der Waals surface area contributed by atoms with Crippen LogP contribution in [0.5, 0.6) is 0 Å². The molecular weight excluding hydrogens is 168 g/mol. The molecule has 1 rings (SSSR count). The molecule has 0 amide bonds. The summed E-state index contributed by atoms with van der Waals surface area (Å²) in [4.78, 5) is 0. The van der Waals surface area contributed by atoms with Crippen LogP contribution in [-0.2, 0) is 14.2 Å². The SMILES string of the molecule is C#CC(C[C@H]1COC(C)(C)O1)OC. The molecule has 1 heterocycles. The van der Waals surface area contributed by atoms with Gasteiger partial charge in [-0.3, -0.25) is 0 Å². The Morgan fingerprint density at radius 2 is 2.38 bits per heavy atom. The maximum absolute atomic E-state index is 5.59. The van der Waals surface area contributed by atoms with Crippen LogP contribution < -0.4 is 0 Å². The quantitative estimate of drug-likeness (QED) is 0.616. The van der Waals surface area contributed by atoms with Gasteiger partial charge in [0.25, 0.3) is 0 Å². The Labute approximate surface area is 79.4 Å². The molecule has 0 aromatic rings. The Bertz CT molecular complexity index is 205. The zero-order chi connectivity index (χ0) is 9.90. The van der Waals surface area contributed by atoms with Gasteiger partial charge < -0.3 is 14.2 Å². The number of terminal acetylenes is 1. The van der Waals surface area contributed by atoms with E-state index in [9.17, 15) is 0 Å². The predicted octanol–water partition coefficient (Wildman–Crippen LogP) is 1.18. The second kappa shape index (κ2) is 4.10. The summed E-state index contributed by atoms with van der Waals surface area (Å²) in [6, 6.07) is 0. The Balaban J connectivity index is 2.36. The van der Waals surface area contributed by atoms with Crippen LogP contribution in [0.4, 0.5) is 0 Å². The summed E-state index contributed by atoms with van der Waals surface area (Å²) < 4.78 is 16.0. The molecule has 0 aromatic heterocycles. The fraction of sp³-hybridized carbons (Fsp3) is 0.800. The van der Waals surface area contributed by atoms with E-state index in [1.54, 1.807) is 7.11 Å². The molecule has 0 bridgehead atoms. The Morgan fingerprint density at radius 1 is 1.69 bits per heavy atom. The Kier molecular flexibility index (Phi) is 3.32. The minimum Gasteiger partial charge on any atom is -0.369 e. The zero-order valence-electron chi connectivity index (χ0n) is 8.37. The lowest BCUT2D eigenvalue weighted by Crippen LogP contribution is -2.24. The first-order valence-corrected chi connectivity index (χ1v) is 4.38. The first-order chi connectivity index (χ1) is 6.07. The summed E-state index contributed by atoms with van der Waals surface area (Å²) in [7, 11) is 1.60. The van der Waals surface area contributed by atoms with E-state index in [-0.39, 0.29) is 12.2 Å². The second-order valence-corrected chi connectivity index (χ2v) is 3.58. The second-order valence-electron chi connectivity index (χ2n) is 3.58. The predicted molar refractivity (Wildman–Crippen MR) is 49.2 cm³/mol. The van der Waals surface area contributed by atoms with E-state index in [2.05, 4.69) is 5.92 Å². The van der Waals surface area contributed by atoms with E-state index in [4.69, 9.17) is 20.6 Å². The summed E-state index contributed by atoms with van der Waals surface area (Å²) in [6.07, 6.45) is 5.82. The molecule has 13 heavy (non-hydrogen) atoms. The first kappa shape index (κ1) is 10.5. The lowest BCUT2D eigenvalue weighted by Gasteiger charge is -2.18. The van der Waals surface area contributed by atoms with Crippen molar-refractivity contribution in [3.63, 3.8) is 0 Å². The van der Waals surface area contributed by atoms with E-state index in [1.165, 1.54) is 0 Å². The van der Waals surface area contributed by atoms with Gasteiger partial charge in [-0.2, -0.15) is 0 Å². The van der Waals surface area contributed by atoms with Crippen LogP contribution in [0.2, 0.25) is 0 Å². The molecule has 1 aliphatic rings. The summed E-state index contributed by atoms with van der Waals surface area (Å²) in [5.74, 6) is 2.07. The largest absolute Gasteiger partial charge is 0.369 e. The zero-order valence-corrected chi connectivity index (χ0v) is 8.37.